The third kappa shape index (κ3) is 6.02. The molecule has 4 heterocycles. The van der Waals surface area contributed by atoms with Crippen LogP contribution in [0, 0.1) is 10.1 Å². The highest BCUT2D eigenvalue weighted by molar-refractivity contribution is 8.01. The summed E-state index contributed by atoms with van der Waals surface area (Å²) in [6.45, 7) is 3.54. The maximum atomic E-state index is 14.1. The first-order valence-corrected chi connectivity index (χ1v) is 16.4. The molecule has 13 nitrogen and oxygen atoms in total. The van der Waals surface area contributed by atoms with Crippen LogP contribution in [-0.4, -0.2) is 48.4 Å². The summed E-state index contributed by atoms with van der Waals surface area (Å²) in [5.74, 6) is 0.893. The molecule has 6 rings (SSSR count). The average Bonchev–Trinajstić information content (AvgIpc) is 3.76. The van der Waals surface area contributed by atoms with E-state index in [4.69, 9.17) is 23.4 Å². The second kappa shape index (κ2) is 13.1. The molecule has 0 fully saturated rings. The van der Waals surface area contributed by atoms with Crippen molar-refractivity contribution < 1.29 is 33.1 Å². The number of esters is 1. The summed E-state index contributed by atoms with van der Waals surface area (Å²) in [5, 5.41) is 11.7. The highest BCUT2D eigenvalue weighted by Crippen LogP contribution is 2.42. The molecule has 1 atom stereocenters. The number of allylic oxidation sites excluding steroid dienone is 1. The maximum Gasteiger partial charge on any atom is 0.338 e. The number of nitro benzene ring substituents is 1. The van der Waals surface area contributed by atoms with Gasteiger partial charge in [0, 0.05) is 18.2 Å². The summed E-state index contributed by atoms with van der Waals surface area (Å²) in [7, 11) is 4.46. The van der Waals surface area contributed by atoms with Gasteiger partial charge in [-0.15, -0.1) is 11.3 Å². The number of benzene rings is 2. The molecule has 0 amide bonds. The van der Waals surface area contributed by atoms with Gasteiger partial charge >= 0.3 is 5.97 Å². The van der Waals surface area contributed by atoms with Gasteiger partial charge in [-0.2, -0.15) is 0 Å². The van der Waals surface area contributed by atoms with Crippen molar-refractivity contribution in [2.75, 3.05) is 27.9 Å². The van der Waals surface area contributed by atoms with E-state index >= 15 is 0 Å². The standard InChI is InChI=1S/C31H26N4O9S3/c1-6-43-29(37)25-15(2)32-30-34(26(25)16-11-20(40-3)27(42-5)21(12-16)41-4)28(36)23(45-30)14-18-8-10-24(44-18)47-31-33-19-9-7-17(35(38)39)13-22(19)46-31/h7-14,26H,6H2,1-5H3/b23-14-/t26-/m0/s1. The quantitative estimate of drug-likeness (QED) is 0.109. The highest BCUT2D eigenvalue weighted by atomic mass is 32.2. The molecular formula is C31H26N4O9S3. The second-order valence-electron chi connectivity index (χ2n) is 9.91. The van der Waals surface area contributed by atoms with Crippen LogP contribution in [0.15, 0.2) is 77.4 Å². The average molecular weight is 695 g/mol. The molecule has 0 saturated carbocycles. The Morgan fingerprint density at radius 1 is 1.11 bits per heavy atom. The molecule has 1 aliphatic heterocycles. The third-order valence-electron chi connectivity index (χ3n) is 7.15. The van der Waals surface area contributed by atoms with Gasteiger partial charge in [0.25, 0.3) is 11.2 Å². The molecule has 2 aromatic carbocycles. The van der Waals surface area contributed by atoms with Gasteiger partial charge in [0.1, 0.15) is 5.76 Å². The minimum Gasteiger partial charge on any atom is -0.493 e. The molecule has 16 heteroatoms. The van der Waals surface area contributed by atoms with E-state index in [1.54, 1.807) is 50.3 Å². The van der Waals surface area contributed by atoms with Gasteiger partial charge < -0.3 is 23.4 Å². The third-order valence-corrected chi connectivity index (χ3v) is 10.1. The van der Waals surface area contributed by atoms with Crippen LogP contribution >= 0.6 is 34.4 Å². The predicted molar refractivity (Wildman–Crippen MR) is 176 cm³/mol. The van der Waals surface area contributed by atoms with Crippen molar-refractivity contribution in [1.29, 1.82) is 0 Å². The van der Waals surface area contributed by atoms with Crippen molar-refractivity contribution >= 4 is 62.4 Å². The molecule has 0 spiro atoms. The minimum absolute atomic E-state index is 0.00322. The number of hydrogen-bond acceptors (Lipinski definition) is 14. The number of furan rings is 1. The molecule has 47 heavy (non-hydrogen) atoms. The van der Waals surface area contributed by atoms with Gasteiger partial charge in [0.05, 0.1) is 64.9 Å². The normalized spacial score (nSPS) is 14.6. The Kier molecular flexibility index (Phi) is 8.90. The number of nitro groups is 1. The molecule has 0 saturated heterocycles. The van der Waals surface area contributed by atoms with Gasteiger partial charge in [0.2, 0.25) is 5.75 Å². The van der Waals surface area contributed by atoms with E-state index in [1.807, 2.05) is 0 Å². The van der Waals surface area contributed by atoms with E-state index in [-0.39, 0.29) is 23.4 Å². The monoisotopic (exact) mass is 694 g/mol. The van der Waals surface area contributed by atoms with Crippen LogP contribution in [0.1, 0.15) is 31.2 Å². The molecule has 0 aliphatic carbocycles. The van der Waals surface area contributed by atoms with Crippen molar-refractivity contribution in [3.63, 3.8) is 0 Å². The van der Waals surface area contributed by atoms with Crippen molar-refractivity contribution in [2.45, 2.75) is 29.3 Å². The number of carbonyl (C=O) groups is 1. The zero-order chi connectivity index (χ0) is 33.4. The lowest BCUT2D eigenvalue weighted by Crippen LogP contribution is -2.40. The molecule has 0 bridgehead atoms. The topological polar surface area (TPSA) is 158 Å². The first-order chi connectivity index (χ1) is 22.6. The fourth-order valence-corrected chi connectivity index (χ4v) is 8.13. The number of non-ortho nitro benzene ring substituents is 1. The largest absolute Gasteiger partial charge is 0.493 e. The Labute approximate surface area is 278 Å². The summed E-state index contributed by atoms with van der Waals surface area (Å²) in [5.41, 5.74) is 1.40. The van der Waals surface area contributed by atoms with E-state index in [2.05, 4.69) is 9.98 Å². The maximum absolute atomic E-state index is 14.1. The lowest BCUT2D eigenvalue weighted by atomic mass is 9.95. The molecule has 1 aliphatic rings. The molecule has 242 valence electrons. The number of thiazole rings is 2. The number of rotatable bonds is 10. The van der Waals surface area contributed by atoms with Crippen LogP contribution in [0.3, 0.4) is 0 Å². The minimum atomic E-state index is -0.904. The SMILES string of the molecule is CCOC(=O)C1=C(C)N=c2s/c(=C\c3ccc(Sc4nc5ccc([N+](=O)[O-])cc5s4)o3)c(=O)n2[C@H]1c1cc(OC)c(OC)c(OC)c1. The lowest BCUT2D eigenvalue weighted by molar-refractivity contribution is -0.384. The Bertz CT molecular complexity index is 2240. The summed E-state index contributed by atoms with van der Waals surface area (Å²) in [6.07, 6.45) is 1.62. The number of hydrogen-bond donors (Lipinski definition) is 0. The highest BCUT2D eigenvalue weighted by Gasteiger charge is 2.34. The summed E-state index contributed by atoms with van der Waals surface area (Å²) in [6, 6.07) is 10.5. The van der Waals surface area contributed by atoms with Gasteiger partial charge in [0.15, 0.2) is 25.7 Å². The smallest absolute Gasteiger partial charge is 0.338 e. The van der Waals surface area contributed by atoms with Crippen molar-refractivity contribution in [2.24, 2.45) is 4.99 Å². The zero-order valence-electron chi connectivity index (χ0n) is 25.6. The van der Waals surface area contributed by atoms with Crippen molar-refractivity contribution in [3.05, 3.63) is 94.9 Å². The van der Waals surface area contributed by atoms with Crippen molar-refractivity contribution in [3.8, 4) is 17.2 Å². The number of nitrogens with zero attached hydrogens (tertiary/aromatic N) is 4. The number of aromatic nitrogens is 2. The summed E-state index contributed by atoms with van der Waals surface area (Å²) >= 11 is 3.74. The second-order valence-corrected chi connectivity index (χ2v) is 13.2. The molecule has 5 aromatic rings. The lowest BCUT2D eigenvalue weighted by Gasteiger charge is -2.26. The Morgan fingerprint density at radius 3 is 2.51 bits per heavy atom. The van der Waals surface area contributed by atoms with E-state index in [0.717, 1.165) is 11.3 Å². The number of fused-ring (bicyclic) bond motifs is 2. The molecule has 0 radical (unpaired) electrons. The molecule has 0 unspecified atom stereocenters. The van der Waals surface area contributed by atoms with Crippen LogP contribution in [0.25, 0.3) is 16.3 Å². The van der Waals surface area contributed by atoms with Crippen LogP contribution in [0.2, 0.25) is 0 Å². The van der Waals surface area contributed by atoms with Crippen LogP contribution in [-0.2, 0) is 9.53 Å². The fourth-order valence-electron chi connectivity index (χ4n) is 5.10. The van der Waals surface area contributed by atoms with Crippen LogP contribution in [0.4, 0.5) is 5.69 Å². The van der Waals surface area contributed by atoms with E-state index in [1.165, 1.54) is 61.1 Å². The van der Waals surface area contributed by atoms with Crippen LogP contribution < -0.4 is 29.1 Å². The van der Waals surface area contributed by atoms with Crippen LogP contribution in [0.5, 0.6) is 17.2 Å². The number of ether oxygens (including phenoxy) is 4. The summed E-state index contributed by atoms with van der Waals surface area (Å²) < 4.78 is 31.1. The Hall–Kier alpha value is -4.93. The zero-order valence-corrected chi connectivity index (χ0v) is 28.0. The molecule has 3 aromatic heterocycles. The number of methoxy groups -OCH3 is 3. The Balaban J connectivity index is 1.40. The molecular weight excluding hydrogens is 669 g/mol. The van der Waals surface area contributed by atoms with E-state index in [0.29, 0.717) is 63.3 Å². The van der Waals surface area contributed by atoms with Gasteiger partial charge in [-0.05, 0) is 61.5 Å². The van der Waals surface area contributed by atoms with E-state index < -0.39 is 16.9 Å². The summed E-state index contributed by atoms with van der Waals surface area (Å²) in [4.78, 5) is 47.6. The predicted octanol–water partition coefficient (Wildman–Crippen LogP) is 5.09. The first-order valence-electron chi connectivity index (χ1n) is 14.0. The number of carbonyl (C=O) groups excluding carboxylic acids is 1. The van der Waals surface area contributed by atoms with Gasteiger partial charge in [-0.25, -0.2) is 14.8 Å². The van der Waals surface area contributed by atoms with Crippen molar-refractivity contribution in [1.82, 2.24) is 9.55 Å². The Morgan fingerprint density at radius 2 is 1.85 bits per heavy atom. The van der Waals surface area contributed by atoms with Gasteiger partial charge in [-0.1, -0.05) is 11.3 Å². The van der Waals surface area contributed by atoms with Gasteiger partial charge in [-0.3, -0.25) is 19.5 Å². The first kappa shape index (κ1) is 32.0. The van der Waals surface area contributed by atoms with E-state index in [9.17, 15) is 19.7 Å². The fraction of sp³-hybridized carbons (Fsp3) is 0.226. The molecule has 0 N–H and O–H groups in total.